The molecule has 0 spiro atoms. The van der Waals surface area contributed by atoms with E-state index in [1.54, 1.807) is 11.3 Å². The number of rotatable bonds is 7. The van der Waals surface area contributed by atoms with Crippen LogP contribution in [0.4, 0.5) is 0 Å². The molecule has 0 saturated heterocycles. The lowest BCUT2D eigenvalue weighted by Crippen LogP contribution is -2.33. The number of carbonyl (C=O) groups is 1. The summed E-state index contributed by atoms with van der Waals surface area (Å²) in [5.41, 5.74) is 1.46. The topological polar surface area (TPSA) is 40.5 Å². The van der Waals surface area contributed by atoms with Gasteiger partial charge in [0.05, 0.1) is 6.42 Å². The van der Waals surface area contributed by atoms with Crippen LogP contribution < -0.4 is 0 Å². The Kier molecular flexibility index (Phi) is 3.16. The molecule has 0 bridgehead atoms. The van der Waals surface area contributed by atoms with Crippen molar-refractivity contribution in [3.8, 4) is 0 Å². The molecule has 0 radical (unpaired) electrons. The third kappa shape index (κ3) is 2.93. The number of thiophene rings is 1. The van der Waals surface area contributed by atoms with E-state index in [1.807, 2.05) is 0 Å². The highest BCUT2D eigenvalue weighted by Crippen LogP contribution is 2.50. The van der Waals surface area contributed by atoms with Crippen LogP contribution in [0.1, 0.15) is 37.7 Å². The Morgan fingerprint density at radius 1 is 1.50 bits per heavy atom. The van der Waals surface area contributed by atoms with E-state index in [9.17, 15) is 4.79 Å². The number of aliphatic carboxylic acids is 1. The van der Waals surface area contributed by atoms with E-state index < -0.39 is 5.97 Å². The maximum atomic E-state index is 10.9. The van der Waals surface area contributed by atoms with Gasteiger partial charge in [-0.1, -0.05) is 0 Å². The van der Waals surface area contributed by atoms with Gasteiger partial charge in [-0.25, -0.2) is 0 Å². The van der Waals surface area contributed by atoms with Gasteiger partial charge in [0.25, 0.3) is 0 Å². The zero-order valence-corrected chi connectivity index (χ0v) is 11.3. The Labute approximate surface area is 111 Å². The van der Waals surface area contributed by atoms with Gasteiger partial charge in [0.2, 0.25) is 0 Å². The summed E-state index contributed by atoms with van der Waals surface area (Å²) in [7, 11) is 0. The lowest BCUT2D eigenvalue weighted by molar-refractivity contribution is -0.138. The zero-order chi connectivity index (χ0) is 12.6. The molecule has 2 fully saturated rings. The summed E-state index contributed by atoms with van der Waals surface area (Å²) in [6.07, 6.45) is 5.10. The van der Waals surface area contributed by atoms with E-state index in [4.69, 9.17) is 5.11 Å². The third-order valence-electron chi connectivity index (χ3n) is 4.05. The number of nitrogens with zero attached hydrogens (tertiary/aromatic N) is 1. The summed E-state index contributed by atoms with van der Waals surface area (Å²) in [5, 5.41) is 13.3. The van der Waals surface area contributed by atoms with Crippen LogP contribution in [-0.4, -0.2) is 28.6 Å². The number of carboxylic acids is 1. The lowest BCUT2D eigenvalue weighted by Gasteiger charge is -2.26. The van der Waals surface area contributed by atoms with Gasteiger partial charge in [-0.3, -0.25) is 9.69 Å². The first-order chi connectivity index (χ1) is 8.67. The SMILES string of the molecule is O=C(O)CC1(CN(Cc2ccsc2)C2CC2)CC1. The molecule has 0 unspecified atom stereocenters. The van der Waals surface area contributed by atoms with Gasteiger partial charge in [0.15, 0.2) is 0 Å². The van der Waals surface area contributed by atoms with Crippen LogP contribution in [0.15, 0.2) is 16.8 Å². The van der Waals surface area contributed by atoms with Crippen molar-refractivity contribution in [3.05, 3.63) is 22.4 Å². The molecule has 2 aliphatic rings. The molecule has 0 aliphatic heterocycles. The highest BCUT2D eigenvalue weighted by Gasteiger charge is 2.47. The van der Waals surface area contributed by atoms with Crippen LogP contribution in [0.2, 0.25) is 0 Å². The molecule has 4 heteroatoms. The highest BCUT2D eigenvalue weighted by atomic mass is 32.1. The van der Waals surface area contributed by atoms with Gasteiger partial charge in [-0.15, -0.1) is 0 Å². The Morgan fingerprint density at radius 2 is 2.28 bits per heavy atom. The maximum absolute atomic E-state index is 10.9. The fourth-order valence-electron chi connectivity index (χ4n) is 2.69. The van der Waals surface area contributed by atoms with Crippen molar-refractivity contribution in [2.45, 2.75) is 44.7 Å². The molecule has 3 rings (SSSR count). The first-order valence-corrected chi connectivity index (χ1v) is 7.58. The first-order valence-electron chi connectivity index (χ1n) is 6.64. The van der Waals surface area contributed by atoms with Gasteiger partial charge in [0, 0.05) is 19.1 Å². The van der Waals surface area contributed by atoms with Crippen molar-refractivity contribution in [2.24, 2.45) is 5.41 Å². The van der Waals surface area contributed by atoms with Crippen LogP contribution in [0.3, 0.4) is 0 Å². The minimum Gasteiger partial charge on any atom is -0.481 e. The fourth-order valence-corrected chi connectivity index (χ4v) is 3.35. The molecule has 3 nitrogen and oxygen atoms in total. The summed E-state index contributed by atoms with van der Waals surface area (Å²) in [4.78, 5) is 13.4. The molecule has 0 atom stereocenters. The maximum Gasteiger partial charge on any atom is 0.303 e. The van der Waals surface area contributed by atoms with Crippen molar-refractivity contribution in [1.29, 1.82) is 0 Å². The van der Waals surface area contributed by atoms with E-state index in [1.165, 1.54) is 18.4 Å². The van der Waals surface area contributed by atoms with Gasteiger partial charge in [0.1, 0.15) is 0 Å². The molecule has 0 aromatic carbocycles. The summed E-state index contributed by atoms with van der Waals surface area (Å²) >= 11 is 1.74. The average Bonchev–Trinajstić information content (AvgIpc) is 3.21. The van der Waals surface area contributed by atoms with E-state index >= 15 is 0 Å². The minimum absolute atomic E-state index is 0.0877. The highest BCUT2D eigenvalue weighted by molar-refractivity contribution is 7.07. The smallest absolute Gasteiger partial charge is 0.303 e. The summed E-state index contributed by atoms with van der Waals surface area (Å²) in [5.74, 6) is -0.640. The van der Waals surface area contributed by atoms with E-state index in [0.29, 0.717) is 12.5 Å². The van der Waals surface area contributed by atoms with Crippen molar-refractivity contribution in [2.75, 3.05) is 6.54 Å². The molecule has 2 aliphatic carbocycles. The third-order valence-corrected chi connectivity index (χ3v) is 4.78. The zero-order valence-electron chi connectivity index (χ0n) is 10.5. The molecule has 1 heterocycles. The molecule has 1 aromatic rings. The van der Waals surface area contributed by atoms with E-state index in [-0.39, 0.29) is 5.41 Å². The largest absolute Gasteiger partial charge is 0.481 e. The molecule has 18 heavy (non-hydrogen) atoms. The second-order valence-electron chi connectivity index (χ2n) is 5.84. The lowest BCUT2D eigenvalue weighted by atomic mass is 10.0. The monoisotopic (exact) mass is 265 g/mol. The predicted molar refractivity (Wildman–Crippen MR) is 71.7 cm³/mol. The van der Waals surface area contributed by atoms with Crippen LogP contribution in [0.25, 0.3) is 0 Å². The Morgan fingerprint density at radius 3 is 2.78 bits per heavy atom. The Bertz CT molecular complexity index is 421. The van der Waals surface area contributed by atoms with Crippen molar-refractivity contribution < 1.29 is 9.90 Å². The van der Waals surface area contributed by atoms with Gasteiger partial charge in [-0.2, -0.15) is 11.3 Å². The standard InChI is InChI=1S/C14H19NO2S/c16-13(17)7-14(4-5-14)10-15(12-1-2-12)8-11-3-6-18-9-11/h3,6,9,12H,1-2,4-5,7-8,10H2,(H,16,17). The fraction of sp³-hybridized carbons (Fsp3) is 0.643. The second-order valence-corrected chi connectivity index (χ2v) is 6.62. The van der Waals surface area contributed by atoms with Crippen LogP contribution in [-0.2, 0) is 11.3 Å². The van der Waals surface area contributed by atoms with Gasteiger partial charge < -0.3 is 5.11 Å². The normalized spacial score (nSPS) is 21.2. The molecule has 1 aromatic heterocycles. The summed E-state index contributed by atoms with van der Waals surface area (Å²) in [6.45, 7) is 1.97. The molecule has 1 N–H and O–H groups in total. The first kappa shape index (κ1) is 12.2. The van der Waals surface area contributed by atoms with Gasteiger partial charge in [-0.05, 0) is 53.5 Å². The number of hydrogen-bond acceptors (Lipinski definition) is 3. The molecule has 0 amide bonds. The summed E-state index contributed by atoms with van der Waals surface area (Å²) < 4.78 is 0. The minimum atomic E-state index is -0.640. The van der Waals surface area contributed by atoms with E-state index in [2.05, 4.69) is 21.7 Å². The Balaban J connectivity index is 1.62. The van der Waals surface area contributed by atoms with Gasteiger partial charge >= 0.3 is 5.97 Å². The van der Waals surface area contributed by atoms with Crippen molar-refractivity contribution in [1.82, 2.24) is 4.90 Å². The van der Waals surface area contributed by atoms with Crippen molar-refractivity contribution in [3.63, 3.8) is 0 Å². The second kappa shape index (κ2) is 4.67. The van der Waals surface area contributed by atoms with Crippen LogP contribution in [0, 0.1) is 5.41 Å². The number of carboxylic acid groups (broad SMARTS) is 1. The quantitative estimate of drug-likeness (QED) is 0.824. The molecular formula is C14H19NO2S. The Hall–Kier alpha value is -0.870. The van der Waals surface area contributed by atoms with E-state index in [0.717, 1.165) is 25.9 Å². The average molecular weight is 265 g/mol. The number of hydrogen-bond donors (Lipinski definition) is 1. The predicted octanol–water partition coefficient (Wildman–Crippen LogP) is 2.97. The summed E-state index contributed by atoms with van der Waals surface area (Å²) in [6, 6.07) is 2.88. The molecule has 98 valence electrons. The molecular weight excluding hydrogens is 246 g/mol. The van der Waals surface area contributed by atoms with Crippen LogP contribution in [0.5, 0.6) is 0 Å². The van der Waals surface area contributed by atoms with Crippen LogP contribution >= 0.6 is 11.3 Å². The molecule has 2 saturated carbocycles. The van der Waals surface area contributed by atoms with Crippen molar-refractivity contribution >= 4 is 17.3 Å².